The minimum atomic E-state index is -3.11. The predicted molar refractivity (Wildman–Crippen MR) is 157 cm³/mol. The summed E-state index contributed by atoms with van der Waals surface area (Å²) in [6.07, 6.45) is 5.56. The fraction of sp³-hybridized carbons (Fsp3) is 0.433. The summed E-state index contributed by atoms with van der Waals surface area (Å²) in [4.78, 5) is 36.8. The van der Waals surface area contributed by atoms with Crippen molar-refractivity contribution in [1.82, 2.24) is 25.1 Å². The highest BCUT2D eigenvalue weighted by Gasteiger charge is 2.49. The van der Waals surface area contributed by atoms with E-state index in [0.29, 0.717) is 48.8 Å². The van der Waals surface area contributed by atoms with Crippen molar-refractivity contribution in [3.63, 3.8) is 0 Å². The molecule has 0 spiro atoms. The Kier molecular flexibility index (Phi) is 11.8. The average Bonchev–Trinajstić information content (AvgIpc) is 3.30. The molecule has 0 radical (unpaired) electrons. The first-order chi connectivity index (χ1) is 20.1. The Morgan fingerprint density at radius 3 is 2.69 bits per heavy atom. The second kappa shape index (κ2) is 15.5. The third-order valence-corrected chi connectivity index (χ3v) is 6.19. The lowest BCUT2D eigenvalue weighted by atomic mass is 10.1. The van der Waals surface area contributed by atoms with Gasteiger partial charge in [-0.1, -0.05) is 24.8 Å². The lowest BCUT2D eigenvalue weighted by Gasteiger charge is -2.21. The third kappa shape index (κ3) is 9.82. The molecule has 1 aliphatic heterocycles. The van der Waals surface area contributed by atoms with Gasteiger partial charge in [-0.05, 0) is 51.2 Å². The molecular formula is C30H36F2N8O2. The monoisotopic (exact) mass is 578 g/mol. The van der Waals surface area contributed by atoms with E-state index in [2.05, 4.69) is 43.8 Å². The molecule has 1 aromatic carbocycles. The Hall–Kier alpha value is -4.55. The van der Waals surface area contributed by atoms with Crippen molar-refractivity contribution in [3.8, 4) is 17.9 Å². The van der Waals surface area contributed by atoms with Gasteiger partial charge in [0.05, 0.1) is 29.9 Å². The van der Waals surface area contributed by atoms with E-state index < -0.39 is 36.7 Å². The number of hydrogen-bond donors (Lipinski definition) is 3. The average molecular weight is 579 g/mol. The standard InChI is InChI=1S/C30H36F2N8O2/c1-4-15-34-27-23(20-36-29(38-27)37-24-13-11-22(19-33)12-14-24)9-6-5-7-16-35-28(42)25-18-30(31,32)21-40(25)26(41)10-8-17-39(2)3/h8,10-14,20,25H,4-5,7,15-18,21H2,1-3H3,(H,35,42)(H2,34,36,37,38)/t25-/m0/s1. The number of aromatic nitrogens is 2. The van der Waals surface area contributed by atoms with Gasteiger partial charge in [0.15, 0.2) is 0 Å². The summed E-state index contributed by atoms with van der Waals surface area (Å²) in [5, 5.41) is 18.0. The van der Waals surface area contributed by atoms with Crippen LogP contribution < -0.4 is 16.0 Å². The molecule has 0 bridgehead atoms. The normalized spacial score (nSPS) is 15.6. The summed E-state index contributed by atoms with van der Waals surface area (Å²) in [5.74, 6) is 2.74. The molecule has 42 heavy (non-hydrogen) atoms. The van der Waals surface area contributed by atoms with Crippen molar-refractivity contribution in [2.75, 3.05) is 50.9 Å². The van der Waals surface area contributed by atoms with Gasteiger partial charge in [0.25, 0.3) is 5.92 Å². The van der Waals surface area contributed by atoms with E-state index in [-0.39, 0.29) is 6.54 Å². The Labute approximate surface area is 245 Å². The van der Waals surface area contributed by atoms with E-state index in [1.54, 1.807) is 36.5 Å². The number of nitrogens with one attached hydrogen (secondary N) is 3. The van der Waals surface area contributed by atoms with Crippen LogP contribution in [0.2, 0.25) is 0 Å². The van der Waals surface area contributed by atoms with Gasteiger partial charge >= 0.3 is 0 Å². The van der Waals surface area contributed by atoms with Crippen LogP contribution in [0.25, 0.3) is 0 Å². The highest BCUT2D eigenvalue weighted by Crippen LogP contribution is 2.32. The first-order valence-electron chi connectivity index (χ1n) is 13.8. The van der Waals surface area contributed by atoms with Crippen molar-refractivity contribution in [1.29, 1.82) is 5.26 Å². The lowest BCUT2D eigenvalue weighted by Crippen LogP contribution is -2.45. The van der Waals surface area contributed by atoms with Crippen LogP contribution in [0.5, 0.6) is 0 Å². The summed E-state index contributed by atoms with van der Waals surface area (Å²) < 4.78 is 28.2. The van der Waals surface area contributed by atoms with Gasteiger partial charge in [-0.2, -0.15) is 10.2 Å². The Balaban J connectivity index is 1.54. The van der Waals surface area contributed by atoms with Crippen LogP contribution in [-0.2, 0) is 9.59 Å². The van der Waals surface area contributed by atoms with E-state index in [0.717, 1.165) is 17.0 Å². The molecular weight excluding hydrogens is 542 g/mol. The molecule has 3 rings (SSSR count). The fourth-order valence-corrected chi connectivity index (χ4v) is 4.08. The molecule has 2 heterocycles. The Bertz CT molecular complexity index is 1360. The number of alkyl halides is 2. The molecule has 222 valence electrons. The maximum absolute atomic E-state index is 14.1. The number of nitriles is 1. The molecule has 2 amide bonds. The van der Waals surface area contributed by atoms with Gasteiger partial charge in [0, 0.05) is 44.2 Å². The highest BCUT2D eigenvalue weighted by atomic mass is 19.3. The SMILES string of the molecule is CCCNc1nc(Nc2ccc(C#N)cc2)ncc1C#CCCCNC(=O)[C@@H]1CC(F)(F)CN1C(=O)C=CCN(C)C. The molecule has 2 aromatic rings. The summed E-state index contributed by atoms with van der Waals surface area (Å²) in [5.41, 5.74) is 1.91. The van der Waals surface area contributed by atoms with Crippen LogP contribution in [0.3, 0.4) is 0 Å². The van der Waals surface area contributed by atoms with E-state index in [9.17, 15) is 18.4 Å². The first-order valence-corrected chi connectivity index (χ1v) is 13.8. The van der Waals surface area contributed by atoms with Crippen molar-refractivity contribution >= 4 is 29.3 Å². The smallest absolute Gasteiger partial charge is 0.267 e. The minimum absolute atomic E-state index is 0.235. The number of halogens is 2. The second-order valence-corrected chi connectivity index (χ2v) is 10.1. The van der Waals surface area contributed by atoms with Crippen LogP contribution in [-0.4, -0.2) is 83.8 Å². The molecule has 12 heteroatoms. The molecule has 1 aromatic heterocycles. The van der Waals surface area contributed by atoms with Crippen LogP contribution in [0.4, 0.5) is 26.2 Å². The van der Waals surface area contributed by atoms with Gasteiger partial charge in [0.2, 0.25) is 17.8 Å². The summed E-state index contributed by atoms with van der Waals surface area (Å²) in [6.45, 7) is 2.67. The van der Waals surface area contributed by atoms with E-state index in [4.69, 9.17) is 5.26 Å². The first kappa shape index (κ1) is 32.0. The topological polar surface area (TPSA) is 126 Å². The van der Waals surface area contributed by atoms with E-state index in [1.165, 1.54) is 6.08 Å². The number of rotatable bonds is 12. The number of benzene rings is 1. The van der Waals surface area contributed by atoms with Gasteiger partial charge in [0.1, 0.15) is 11.9 Å². The lowest BCUT2D eigenvalue weighted by molar-refractivity contribution is -0.135. The Morgan fingerprint density at radius 1 is 1.24 bits per heavy atom. The zero-order valence-corrected chi connectivity index (χ0v) is 24.1. The number of likely N-dealkylation sites (tertiary alicyclic amines) is 1. The maximum atomic E-state index is 14.1. The van der Waals surface area contributed by atoms with Crippen molar-refractivity contribution in [3.05, 3.63) is 53.7 Å². The number of amides is 2. The third-order valence-electron chi connectivity index (χ3n) is 6.19. The molecule has 0 aliphatic carbocycles. The predicted octanol–water partition coefficient (Wildman–Crippen LogP) is 3.52. The van der Waals surface area contributed by atoms with Gasteiger partial charge in [-0.25, -0.2) is 13.8 Å². The summed E-state index contributed by atoms with van der Waals surface area (Å²) >= 11 is 0. The molecule has 10 nitrogen and oxygen atoms in total. The molecule has 1 fully saturated rings. The fourth-order valence-electron chi connectivity index (χ4n) is 4.08. The minimum Gasteiger partial charge on any atom is -0.369 e. The molecule has 1 atom stereocenters. The number of carbonyl (C=O) groups is 2. The molecule has 1 aliphatic rings. The molecule has 0 saturated carbocycles. The number of likely N-dealkylation sites (N-methyl/N-ethyl adjacent to an activating group) is 1. The Morgan fingerprint density at radius 2 is 2.00 bits per heavy atom. The number of carbonyl (C=O) groups excluding carboxylic acids is 2. The van der Waals surface area contributed by atoms with Crippen LogP contribution in [0.15, 0.2) is 42.6 Å². The highest BCUT2D eigenvalue weighted by molar-refractivity contribution is 5.93. The van der Waals surface area contributed by atoms with Crippen molar-refractivity contribution < 1.29 is 18.4 Å². The quantitative estimate of drug-likeness (QED) is 0.199. The number of nitrogens with zero attached hydrogens (tertiary/aromatic N) is 5. The van der Waals surface area contributed by atoms with E-state index in [1.807, 2.05) is 25.9 Å². The number of anilines is 3. The van der Waals surface area contributed by atoms with Crippen LogP contribution in [0, 0.1) is 23.2 Å². The van der Waals surface area contributed by atoms with Gasteiger partial charge in [-0.15, -0.1) is 0 Å². The summed E-state index contributed by atoms with van der Waals surface area (Å²) in [7, 11) is 3.65. The van der Waals surface area contributed by atoms with Crippen LogP contribution >= 0.6 is 0 Å². The maximum Gasteiger partial charge on any atom is 0.267 e. The van der Waals surface area contributed by atoms with Gasteiger partial charge in [-0.3, -0.25) is 9.59 Å². The largest absolute Gasteiger partial charge is 0.369 e. The molecule has 1 saturated heterocycles. The zero-order valence-electron chi connectivity index (χ0n) is 24.1. The van der Waals surface area contributed by atoms with Gasteiger partial charge < -0.3 is 25.8 Å². The second-order valence-electron chi connectivity index (χ2n) is 10.1. The summed E-state index contributed by atoms with van der Waals surface area (Å²) in [6, 6.07) is 7.79. The van der Waals surface area contributed by atoms with Crippen molar-refractivity contribution in [2.24, 2.45) is 0 Å². The molecule has 0 unspecified atom stereocenters. The number of hydrogen-bond acceptors (Lipinski definition) is 8. The van der Waals surface area contributed by atoms with Crippen LogP contribution in [0.1, 0.15) is 43.7 Å². The zero-order chi connectivity index (χ0) is 30.5. The van der Waals surface area contributed by atoms with Crippen molar-refractivity contribution in [2.45, 2.75) is 44.6 Å². The molecule has 3 N–H and O–H groups in total. The van der Waals surface area contributed by atoms with E-state index >= 15 is 0 Å². The number of unbranched alkanes of at least 4 members (excludes halogenated alkanes) is 1.